The van der Waals surface area contributed by atoms with Crippen LogP contribution in [-0.4, -0.2) is 46.6 Å². The van der Waals surface area contributed by atoms with Gasteiger partial charge in [-0.25, -0.2) is 4.98 Å². The van der Waals surface area contributed by atoms with Gasteiger partial charge in [0.15, 0.2) is 0 Å². The van der Waals surface area contributed by atoms with Crippen molar-refractivity contribution in [3.8, 4) is 16.9 Å². The SMILES string of the molecule is CN(C)CCCNCc1ccc(-n2ccc3c(-c4ccccc4)nc(Cl)nc32)cc1. The molecule has 0 bridgehead atoms. The Kier molecular flexibility index (Phi) is 6.43. The van der Waals surface area contributed by atoms with Gasteiger partial charge in [0.25, 0.3) is 0 Å². The first kappa shape index (κ1) is 20.5. The zero-order valence-electron chi connectivity index (χ0n) is 17.3. The molecule has 0 aliphatic carbocycles. The molecule has 0 aliphatic heterocycles. The maximum absolute atomic E-state index is 6.27. The fraction of sp³-hybridized carbons (Fsp3) is 0.250. The van der Waals surface area contributed by atoms with Crippen LogP contribution >= 0.6 is 11.6 Å². The van der Waals surface area contributed by atoms with Crippen molar-refractivity contribution in [2.24, 2.45) is 0 Å². The summed E-state index contributed by atoms with van der Waals surface area (Å²) in [6, 6.07) is 20.7. The van der Waals surface area contributed by atoms with Crippen LogP contribution in [0.15, 0.2) is 66.9 Å². The van der Waals surface area contributed by atoms with Gasteiger partial charge in [0.1, 0.15) is 5.65 Å². The van der Waals surface area contributed by atoms with E-state index in [9.17, 15) is 0 Å². The van der Waals surface area contributed by atoms with E-state index in [-0.39, 0.29) is 5.28 Å². The molecular formula is C24H26ClN5. The van der Waals surface area contributed by atoms with Crippen molar-refractivity contribution in [2.75, 3.05) is 27.2 Å². The standard InChI is InChI=1S/C24H26ClN5/c1-29(2)15-6-14-26-17-18-9-11-20(12-10-18)30-16-13-21-22(19-7-4-3-5-8-19)27-24(25)28-23(21)30/h3-5,7-13,16,26H,6,14-15,17H2,1-2H3. The van der Waals surface area contributed by atoms with Gasteiger partial charge in [-0.2, -0.15) is 4.98 Å². The monoisotopic (exact) mass is 419 g/mol. The summed E-state index contributed by atoms with van der Waals surface area (Å²) in [6.45, 7) is 2.98. The van der Waals surface area contributed by atoms with Crippen LogP contribution in [-0.2, 0) is 6.54 Å². The minimum Gasteiger partial charge on any atom is -0.313 e. The van der Waals surface area contributed by atoms with Crippen molar-refractivity contribution in [1.29, 1.82) is 0 Å². The Morgan fingerprint density at radius 2 is 1.73 bits per heavy atom. The second-order valence-electron chi connectivity index (χ2n) is 7.63. The molecule has 0 atom stereocenters. The van der Waals surface area contributed by atoms with E-state index >= 15 is 0 Å². The summed E-state index contributed by atoms with van der Waals surface area (Å²) in [6.07, 6.45) is 3.17. The molecule has 0 fully saturated rings. The van der Waals surface area contributed by atoms with Crippen LogP contribution in [0.4, 0.5) is 0 Å². The van der Waals surface area contributed by atoms with E-state index < -0.39 is 0 Å². The van der Waals surface area contributed by atoms with Gasteiger partial charge in [-0.15, -0.1) is 0 Å². The van der Waals surface area contributed by atoms with E-state index in [1.165, 1.54) is 5.56 Å². The summed E-state index contributed by atoms with van der Waals surface area (Å²) >= 11 is 6.27. The number of rotatable bonds is 8. The number of nitrogens with zero attached hydrogens (tertiary/aromatic N) is 4. The molecule has 30 heavy (non-hydrogen) atoms. The van der Waals surface area contributed by atoms with Crippen LogP contribution in [0, 0.1) is 0 Å². The molecule has 0 radical (unpaired) electrons. The molecule has 4 rings (SSSR count). The van der Waals surface area contributed by atoms with Crippen LogP contribution < -0.4 is 5.32 Å². The lowest BCUT2D eigenvalue weighted by atomic mass is 10.1. The smallest absolute Gasteiger partial charge is 0.224 e. The quantitative estimate of drug-likeness (QED) is 0.329. The summed E-state index contributed by atoms with van der Waals surface area (Å²) in [5.41, 5.74) is 5.00. The number of hydrogen-bond acceptors (Lipinski definition) is 4. The highest BCUT2D eigenvalue weighted by Crippen LogP contribution is 2.29. The van der Waals surface area contributed by atoms with Gasteiger partial charge in [-0.3, -0.25) is 0 Å². The molecule has 154 valence electrons. The summed E-state index contributed by atoms with van der Waals surface area (Å²) in [5, 5.41) is 4.74. The van der Waals surface area contributed by atoms with Gasteiger partial charge in [0.2, 0.25) is 5.28 Å². The second kappa shape index (κ2) is 9.39. The lowest BCUT2D eigenvalue weighted by Crippen LogP contribution is -2.20. The summed E-state index contributed by atoms with van der Waals surface area (Å²) < 4.78 is 2.06. The minimum absolute atomic E-state index is 0.250. The van der Waals surface area contributed by atoms with Crippen LogP contribution in [0.5, 0.6) is 0 Å². The zero-order chi connectivity index (χ0) is 20.9. The topological polar surface area (TPSA) is 46.0 Å². The van der Waals surface area contributed by atoms with Gasteiger partial charge >= 0.3 is 0 Å². The molecule has 6 heteroatoms. The summed E-state index contributed by atoms with van der Waals surface area (Å²) in [5.74, 6) is 0. The van der Waals surface area contributed by atoms with Crippen molar-refractivity contribution in [3.05, 3.63) is 77.7 Å². The molecule has 1 N–H and O–H groups in total. The van der Waals surface area contributed by atoms with E-state index in [1.54, 1.807) is 0 Å². The normalized spacial score (nSPS) is 11.5. The highest BCUT2D eigenvalue weighted by molar-refractivity contribution is 6.28. The van der Waals surface area contributed by atoms with E-state index in [0.717, 1.165) is 54.0 Å². The molecule has 0 aliphatic rings. The second-order valence-corrected chi connectivity index (χ2v) is 7.97. The number of benzene rings is 2. The maximum atomic E-state index is 6.27. The van der Waals surface area contributed by atoms with Crippen molar-refractivity contribution < 1.29 is 0 Å². The third-order valence-electron chi connectivity index (χ3n) is 5.07. The number of aromatic nitrogens is 3. The maximum Gasteiger partial charge on any atom is 0.224 e. The first-order valence-corrected chi connectivity index (χ1v) is 10.5. The van der Waals surface area contributed by atoms with Crippen molar-refractivity contribution in [1.82, 2.24) is 24.8 Å². The Morgan fingerprint density at radius 1 is 0.967 bits per heavy atom. The van der Waals surface area contributed by atoms with Crippen LogP contribution in [0.2, 0.25) is 5.28 Å². The van der Waals surface area contributed by atoms with Gasteiger partial charge in [0.05, 0.1) is 5.69 Å². The van der Waals surface area contributed by atoms with Gasteiger partial charge in [0, 0.05) is 29.4 Å². The molecular weight excluding hydrogens is 394 g/mol. The fourth-order valence-corrected chi connectivity index (χ4v) is 3.70. The molecule has 2 heterocycles. The number of halogens is 1. The fourth-order valence-electron chi connectivity index (χ4n) is 3.54. The number of hydrogen-bond donors (Lipinski definition) is 1. The average Bonchev–Trinajstić information content (AvgIpc) is 3.17. The summed E-state index contributed by atoms with van der Waals surface area (Å²) in [4.78, 5) is 11.2. The number of fused-ring (bicyclic) bond motifs is 1. The van der Waals surface area contributed by atoms with E-state index in [1.807, 2.05) is 42.6 Å². The highest BCUT2D eigenvalue weighted by Gasteiger charge is 2.13. The van der Waals surface area contributed by atoms with Gasteiger partial charge < -0.3 is 14.8 Å². The Labute approximate surface area is 182 Å². The third-order valence-corrected chi connectivity index (χ3v) is 5.24. The zero-order valence-corrected chi connectivity index (χ0v) is 18.1. The molecule has 0 amide bonds. The number of nitrogens with one attached hydrogen (secondary N) is 1. The Morgan fingerprint density at radius 3 is 2.47 bits per heavy atom. The lowest BCUT2D eigenvalue weighted by Gasteiger charge is -2.11. The van der Waals surface area contributed by atoms with Gasteiger partial charge in [-0.1, -0.05) is 42.5 Å². The van der Waals surface area contributed by atoms with Crippen LogP contribution in [0.1, 0.15) is 12.0 Å². The first-order chi connectivity index (χ1) is 14.6. The highest BCUT2D eigenvalue weighted by atomic mass is 35.5. The predicted octanol–water partition coefficient (Wildman–Crippen LogP) is 4.78. The van der Waals surface area contributed by atoms with Gasteiger partial charge in [-0.05, 0) is 69.0 Å². The molecule has 0 unspecified atom stereocenters. The molecule has 4 aromatic rings. The lowest BCUT2D eigenvalue weighted by molar-refractivity contribution is 0.394. The van der Waals surface area contributed by atoms with E-state index in [2.05, 4.69) is 63.1 Å². The molecule has 5 nitrogen and oxygen atoms in total. The molecule has 0 spiro atoms. The van der Waals surface area contributed by atoms with Crippen molar-refractivity contribution >= 4 is 22.6 Å². The Bertz CT molecular complexity index is 1100. The van der Waals surface area contributed by atoms with Crippen molar-refractivity contribution in [3.63, 3.8) is 0 Å². The largest absolute Gasteiger partial charge is 0.313 e. The van der Waals surface area contributed by atoms with Crippen LogP contribution in [0.25, 0.3) is 28.0 Å². The molecule has 0 saturated heterocycles. The Balaban J connectivity index is 1.55. The predicted molar refractivity (Wildman–Crippen MR) is 124 cm³/mol. The summed E-state index contributed by atoms with van der Waals surface area (Å²) in [7, 11) is 4.20. The first-order valence-electron chi connectivity index (χ1n) is 10.2. The minimum atomic E-state index is 0.250. The molecule has 2 aromatic carbocycles. The average molecular weight is 420 g/mol. The Hall–Kier alpha value is -2.73. The van der Waals surface area contributed by atoms with Crippen molar-refractivity contribution in [2.45, 2.75) is 13.0 Å². The molecule has 0 saturated carbocycles. The van der Waals surface area contributed by atoms with Crippen LogP contribution in [0.3, 0.4) is 0 Å². The van der Waals surface area contributed by atoms with E-state index in [4.69, 9.17) is 11.6 Å². The molecule has 2 aromatic heterocycles. The van der Waals surface area contributed by atoms with E-state index in [0.29, 0.717) is 0 Å². The third kappa shape index (κ3) is 4.70.